The number of nitrogens with zero attached hydrogens (tertiary/aromatic N) is 5. The predicted octanol–water partition coefficient (Wildman–Crippen LogP) is 13.8. The predicted molar refractivity (Wildman–Crippen MR) is 246 cm³/mol. The summed E-state index contributed by atoms with van der Waals surface area (Å²) in [6.45, 7) is 0. The summed E-state index contributed by atoms with van der Waals surface area (Å²) in [5.41, 5.74) is 17.7. The van der Waals surface area contributed by atoms with E-state index in [0.29, 0.717) is 0 Å². The minimum atomic E-state index is 0.894. The monoisotopic (exact) mass is 765 g/mol. The van der Waals surface area contributed by atoms with Gasteiger partial charge in [-0.1, -0.05) is 140 Å². The summed E-state index contributed by atoms with van der Waals surface area (Å²) in [6, 6.07) is 66.0. The Hall–Kier alpha value is -8.15. The van der Waals surface area contributed by atoms with E-state index in [9.17, 15) is 0 Å². The molecule has 0 spiro atoms. The Morgan fingerprint density at radius 1 is 0.267 bits per heavy atom. The third kappa shape index (κ3) is 6.54. The first-order valence-electron chi connectivity index (χ1n) is 20.0. The van der Waals surface area contributed by atoms with E-state index < -0.39 is 0 Å². The first-order chi connectivity index (χ1) is 29.7. The van der Waals surface area contributed by atoms with Gasteiger partial charge in [0.2, 0.25) is 0 Å². The van der Waals surface area contributed by atoms with Crippen molar-refractivity contribution < 1.29 is 0 Å². The Morgan fingerprint density at radius 2 is 0.750 bits per heavy atom. The molecule has 0 fully saturated rings. The molecule has 60 heavy (non-hydrogen) atoms. The maximum Gasteiger partial charge on any atom is 0.0978 e. The zero-order valence-electron chi connectivity index (χ0n) is 32.4. The van der Waals surface area contributed by atoms with Crippen LogP contribution in [-0.2, 0) is 0 Å². The molecule has 0 radical (unpaired) electrons. The van der Waals surface area contributed by atoms with Gasteiger partial charge < -0.3 is 0 Å². The largest absolute Gasteiger partial charge is 0.265 e. The van der Waals surface area contributed by atoms with E-state index in [2.05, 4.69) is 174 Å². The zero-order chi connectivity index (χ0) is 39.8. The number of aromatic nitrogens is 5. The van der Waals surface area contributed by atoms with Gasteiger partial charge in [0.15, 0.2) is 0 Å². The van der Waals surface area contributed by atoms with E-state index in [0.717, 1.165) is 99.9 Å². The minimum Gasteiger partial charge on any atom is -0.265 e. The fraction of sp³-hybridized carbons (Fsp3) is 0. The SMILES string of the molecule is c1ccc(-c2c3ccccc3nc3c2ccc2ccc(-c4ccc(-c5cc(-c6ccc(-c7ccncc7)cc6)nc(-c6ccc(-c7ccncc7)cc6)c5)cc4)nc23)cc1. The Balaban J connectivity index is 0.987. The molecule has 0 aliphatic heterocycles. The lowest BCUT2D eigenvalue weighted by atomic mass is 9.95. The Bertz CT molecular complexity index is 3210. The molecule has 5 nitrogen and oxygen atoms in total. The van der Waals surface area contributed by atoms with Gasteiger partial charge in [-0.25, -0.2) is 15.0 Å². The number of para-hydroxylation sites is 1. The summed E-state index contributed by atoms with van der Waals surface area (Å²) in [4.78, 5) is 24.1. The molecule has 5 aromatic heterocycles. The van der Waals surface area contributed by atoms with Crippen molar-refractivity contribution in [3.8, 4) is 78.3 Å². The number of rotatable bonds is 7. The molecule has 6 aromatic carbocycles. The van der Waals surface area contributed by atoms with Gasteiger partial charge in [0.05, 0.1) is 33.6 Å². The first-order valence-corrected chi connectivity index (χ1v) is 20.0. The molecule has 11 aromatic rings. The average Bonchev–Trinajstić information content (AvgIpc) is 3.34. The number of pyridine rings is 5. The average molecular weight is 766 g/mol. The van der Waals surface area contributed by atoms with Crippen LogP contribution in [0.5, 0.6) is 0 Å². The zero-order valence-corrected chi connectivity index (χ0v) is 32.4. The van der Waals surface area contributed by atoms with Crippen LogP contribution in [0, 0.1) is 0 Å². The van der Waals surface area contributed by atoms with Crippen molar-refractivity contribution in [3.05, 3.63) is 213 Å². The molecule has 0 atom stereocenters. The molecular formula is C55H35N5. The standard InChI is InChI=1S/C55H35N5/c1-2-6-44(7-3-1)53-47-8-4-5-9-50(47)60-55-48(53)24-22-45-23-25-49(59-54(45)55)41-16-14-38(15-17-41)46-34-51(42-18-10-36(11-19-42)39-26-30-56-31-27-39)58-52(35-46)43-20-12-37(13-21-43)40-28-32-57-33-29-40/h1-35H. The van der Waals surface area contributed by atoms with Crippen LogP contribution >= 0.6 is 0 Å². The Morgan fingerprint density at radius 3 is 1.35 bits per heavy atom. The molecule has 5 heterocycles. The lowest BCUT2D eigenvalue weighted by Crippen LogP contribution is -1.93. The van der Waals surface area contributed by atoms with Crippen LogP contribution in [-0.4, -0.2) is 24.9 Å². The van der Waals surface area contributed by atoms with Crippen LogP contribution in [0.2, 0.25) is 0 Å². The fourth-order valence-corrected chi connectivity index (χ4v) is 8.20. The van der Waals surface area contributed by atoms with E-state index in [-0.39, 0.29) is 0 Å². The highest BCUT2D eigenvalue weighted by atomic mass is 14.8. The Labute approximate surface area is 347 Å². The minimum absolute atomic E-state index is 0.894. The third-order valence-electron chi connectivity index (χ3n) is 11.3. The van der Waals surface area contributed by atoms with Crippen molar-refractivity contribution in [2.24, 2.45) is 0 Å². The molecule has 0 saturated heterocycles. The number of hydrogen-bond donors (Lipinski definition) is 0. The number of fused-ring (bicyclic) bond motifs is 4. The molecule has 0 saturated carbocycles. The van der Waals surface area contributed by atoms with Crippen molar-refractivity contribution in [1.82, 2.24) is 24.9 Å². The molecule has 0 N–H and O–H groups in total. The van der Waals surface area contributed by atoms with Crippen LogP contribution in [0.15, 0.2) is 213 Å². The van der Waals surface area contributed by atoms with E-state index in [4.69, 9.17) is 15.0 Å². The maximum atomic E-state index is 5.30. The summed E-state index contributed by atoms with van der Waals surface area (Å²) in [5, 5.41) is 3.29. The highest BCUT2D eigenvalue weighted by Gasteiger charge is 2.16. The van der Waals surface area contributed by atoms with Gasteiger partial charge in [0.25, 0.3) is 0 Å². The number of benzene rings is 6. The Kier molecular flexibility index (Phi) is 8.75. The first kappa shape index (κ1) is 35.0. The van der Waals surface area contributed by atoms with E-state index in [1.807, 2.05) is 49.1 Å². The summed E-state index contributed by atoms with van der Waals surface area (Å²) in [5.74, 6) is 0. The quantitative estimate of drug-likeness (QED) is 0.119. The van der Waals surface area contributed by atoms with Gasteiger partial charge in [0.1, 0.15) is 0 Å². The lowest BCUT2D eigenvalue weighted by molar-refractivity contribution is 1.32. The van der Waals surface area contributed by atoms with Crippen molar-refractivity contribution in [2.45, 2.75) is 0 Å². The smallest absolute Gasteiger partial charge is 0.0978 e. The van der Waals surface area contributed by atoms with Crippen molar-refractivity contribution in [1.29, 1.82) is 0 Å². The molecule has 0 aliphatic rings. The number of hydrogen-bond acceptors (Lipinski definition) is 5. The van der Waals surface area contributed by atoms with E-state index >= 15 is 0 Å². The second-order valence-electron chi connectivity index (χ2n) is 14.9. The summed E-state index contributed by atoms with van der Waals surface area (Å²) < 4.78 is 0. The molecule has 0 aliphatic carbocycles. The van der Waals surface area contributed by atoms with Crippen LogP contribution < -0.4 is 0 Å². The molecule has 11 rings (SSSR count). The van der Waals surface area contributed by atoms with E-state index in [1.165, 1.54) is 11.1 Å². The summed E-state index contributed by atoms with van der Waals surface area (Å²) in [6.07, 6.45) is 7.29. The van der Waals surface area contributed by atoms with Crippen molar-refractivity contribution in [2.75, 3.05) is 0 Å². The highest BCUT2D eigenvalue weighted by Crippen LogP contribution is 2.38. The molecule has 0 bridgehead atoms. The van der Waals surface area contributed by atoms with Gasteiger partial charge in [-0.2, -0.15) is 0 Å². The second-order valence-corrected chi connectivity index (χ2v) is 14.9. The highest BCUT2D eigenvalue weighted by molar-refractivity contribution is 6.16. The van der Waals surface area contributed by atoms with Gasteiger partial charge in [-0.3, -0.25) is 9.97 Å². The second kappa shape index (κ2) is 15.0. The molecule has 0 unspecified atom stereocenters. The fourth-order valence-electron chi connectivity index (χ4n) is 8.20. The van der Waals surface area contributed by atoms with Crippen LogP contribution in [0.4, 0.5) is 0 Å². The van der Waals surface area contributed by atoms with Crippen LogP contribution in [0.25, 0.3) is 111 Å². The summed E-state index contributed by atoms with van der Waals surface area (Å²) in [7, 11) is 0. The topological polar surface area (TPSA) is 64.5 Å². The van der Waals surface area contributed by atoms with Crippen molar-refractivity contribution in [3.63, 3.8) is 0 Å². The molecular weight excluding hydrogens is 731 g/mol. The lowest BCUT2D eigenvalue weighted by Gasteiger charge is -2.13. The molecule has 0 amide bonds. The van der Waals surface area contributed by atoms with Crippen LogP contribution in [0.1, 0.15) is 0 Å². The maximum absolute atomic E-state index is 5.30. The molecule has 280 valence electrons. The van der Waals surface area contributed by atoms with Gasteiger partial charge in [0, 0.05) is 63.2 Å². The van der Waals surface area contributed by atoms with Gasteiger partial charge >= 0.3 is 0 Å². The van der Waals surface area contributed by atoms with E-state index in [1.54, 1.807) is 0 Å². The van der Waals surface area contributed by atoms with Crippen LogP contribution in [0.3, 0.4) is 0 Å². The normalized spacial score (nSPS) is 11.3. The third-order valence-corrected chi connectivity index (χ3v) is 11.3. The van der Waals surface area contributed by atoms with Gasteiger partial charge in [-0.05, 0) is 87.5 Å². The summed E-state index contributed by atoms with van der Waals surface area (Å²) >= 11 is 0. The van der Waals surface area contributed by atoms with Gasteiger partial charge in [-0.15, -0.1) is 0 Å². The van der Waals surface area contributed by atoms with Crippen molar-refractivity contribution >= 4 is 32.7 Å². The molecule has 5 heteroatoms.